The number of nitrogens with one attached hydrogen (secondary N) is 1. The second-order valence-corrected chi connectivity index (χ2v) is 9.16. The van der Waals surface area contributed by atoms with E-state index in [1.807, 2.05) is 26.0 Å². The molecule has 1 aliphatic heterocycles. The Hall–Kier alpha value is -2.57. The molecule has 0 aliphatic carbocycles. The first-order chi connectivity index (χ1) is 14.0. The number of carbonyl (C=O) groups is 3. The SMILES string of the molecule is COC(=O)N1CCCN(C(=O)C(NC(=O)c2ccc(C(C)(C)C)cc2)C(C)C)CC1. The zero-order valence-corrected chi connectivity index (χ0v) is 19.0. The summed E-state index contributed by atoms with van der Waals surface area (Å²) in [4.78, 5) is 41.1. The van der Waals surface area contributed by atoms with E-state index in [4.69, 9.17) is 4.74 Å². The van der Waals surface area contributed by atoms with Crippen molar-refractivity contribution in [3.63, 3.8) is 0 Å². The molecule has 1 unspecified atom stereocenters. The van der Waals surface area contributed by atoms with Crippen molar-refractivity contribution in [3.05, 3.63) is 35.4 Å². The Balaban J connectivity index is 2.07. The molecule has 30 heavy (non-hydrogen) atoms. The molecular formula is C23H35N3O4. The van der Waals surface area contributed by atoms with E-state index >= 15 is 0 Å². The van der Waals surface area contributed by atoms with Crippen LogP contribution in [0.4, 0.5) is 4.79 Å². The maximum atomic E-state index is 13.2. The molecule has 0 saturated carbocycles. The number of methoxy groups -OCH3 is 1. The van der Waals surface area contributed by atoms with Gasteiger partial charge in [-0.15, -0.1) is 0 Å². The molecule has 0 spiro atoms. The predicted molar refractivity (Wildman–Crippen MR) is 116 cm³/mol. The molecule has 1 aromatic rings. The molecule has 166 valence electrons. The Morgan fingerprint density at radius 2 is 1.53 bits per heavy atom. The number of hydrogen-bond donors (Lipinski definition) is 1. The summed E-state index contributed by atoms with van der Waals surface area (Å²) in [6.07, 6.45) is 0.296. The quantitative estimate of drug-likeness (QED) is 0.817. The minimum Gasteiger partial charge on any atom is -0.453 e. The van der Waals surface area contributed by atoms with Gasteiger partial charge in [0.15, 0.2) is 0 Å². The fourth-order valence-electron chi connectivity index (χ4n) is 3.51. The third-order valence-electron chi connectivity index (χ3n) is 5.47. The minimum absolute atomic E-state index is 0.0102. The summed E-state index contributed by atoms with van der Waals surface area (Å²) in [5, 5.41) is 2.92. The Bertz CT molecular complexity index is 753. The first-order valence-corrected chi connectivity index (χ1v) is 10.6. The van der Waals surface area contributed by atoms with Gasteiger partial charge in [-0.2, -0.15) is 0 Å². The van der Waals surface area contributed by atoms with Crippen molar-refractivity contribution in [2.75, 3.05) is 33.3 Å². The van der Waals surface area contributed by atoms with Crippen LogP contribution in [0, 0.1) is 5.92 Å². The third kappa shape index (κ3) is 5.97. The van der Waals surface area contributed by atoms with E-state index in [2.05, 4.69) is 26.1 Å². The normalized spacial score (nSPS) is 16.1. The molecule has 1 saturated heterocycles. The summed E-state index contributed by atoms with van der Waals surface area (Å²) in [7, 11) is 1.36. The highest BCUT2D eigenvalue weighted by Gasteiger charge is 2.31. The molecule has 0 bridgehead atoms. The Morgan fingerprint density at radius 1 is 0.967 bits per heavy atom. The Morgan fingerprint density at radius 3 is 2.07 bits per heavy atom. The fraction of sp³-hybridized carbons (Fsp3) is 0.609. The van der Waals surface area contributed by atoms with Crippen LogP contribution in [0.3, 0.4) is 0 Å². The first kappa shape index (κ1) is 23.7. The maximum Gasteiger partial charge on any atom is 0.409 e. The molecular weight excluding hydrogens is 382 g/mol. The van der Waals surface area contributed by atoms with E-state index in [0.29, 0.717) is 38.2 Å². The largest absolute Gasteiger partial charge is 0.453 e. The fourth-order valence-corrected chi connectivity index (χ4v) is 3.51. The van der Waals surface area contributed by atoms with Gasteiger partial charge in [0.2, 0.25) is 5.91 Å². The van der Waals surface area contributed by atoms with Gasteiger partial charge in [-0.1, -0.05) is 46.8 Å². The number of carbonyl (C=O) groups excluding carboxylic acids is 3. The molecule has 0 radical (unpaired) electrons. The highest BCUT2D eigenvalue weighted by atomic mass is 16.5. The van der Waals surface area contributed by atoms with Crippen LogP contribution in [-0.4, -0.2) is 67.0 Å². The molecule has 0 aromatic heterocycles. The second-order valence-electron chi connectivity index (χ2n) is 9.16. The van der Waals surface area contributed by atoms with Gasteiger partial charge in [-0.05, 0) is 35.4 Å². The number of nitrogens with zero attached hydrogens (tertiary/aromatic N) is 2. The molecule has 1 heterocycles. The summed E-state index contributed by atoms with van der Waals surface area (Å²) in [5.41, 5.74) is 1.69. The lowest BCUT2D eigenvalue weighted by Crippen LogP contribution is -2.52. The van der Waals surface area contributed by atoms with Gasteiger partial charge < -0.3 is 19.9 Å². The molecule has 1 aromatic carbocycles. The van der Waals surface area contributed by atoms with Crippen LogP contribution in [0.5, 0.6) is 0 Å². The summed E-state index contributed by atoms with van der Waals surface area (Å²) in [6, 6.07) is 6.90. The van der Waals surface area contributed by atoms with Gasteiger partial charge in [0.05, 0.1) is 7.11 Å². The van der Waals surface area contributed by atoms with Gasteiger partial charge in [-0.3, -0.25) is 9.59 Å². The van der Waals surface area contributed by atoms with Crippen LogP contribution in [0.15, 0.2) is 24.3 Å². The number of hydrogen-bond acceptors (Lipinski definition) is 4. The van der Waals surface area contributed by atoms with Crippen LogP contribution in [0.2, 0.25) is 0 Å². The van der Waals surface area contributed by atoms with Crippen LogP contribution in [0.25, 0.3) is 0 Å². The van der Waals surface area contributed by atoms with Crippen LogP contribution >= 0.6 is 0 Å². The lowest BCUT2D eigenvalue weighted by atomic mass is 9.86. The van der Waals surface area contributed by atoms with Gasteiger partial charge in [0, 0.05) is 31.7 Å². The zero-order valence-electron chi connectivity index (χ0n) is 19.0. The number of amides is 3. The van der Waals surface area contributed by atoms with Gasteiger partial charge in [-0.25, -0.2) is 4.79 Å². The van der Waals surface area contributed by atoms with Crippen molar-refractivity contribution in [3.8, 4) is 0 Å². The maximum absolute atomic E-state index is 13.2. The van der Waals surface area contributed by atoms with Gasteiger partial charge >= 0.3 is 6.09 Å². The Labute approximate surface area is 179 Å². The molecule has 1 atom stereocenters. The van der Waals surface area contributed by atoms with Crippen molar-refractivity contribution >= 4 is 17.9 Å². The van der Waals surface area contributed by atoms with Gasteiger partial charge in [0.25, 0.3) is 5.91 Å². The molecule has 1 aliphatic rings. The lowest BCUT2D eigenvalue weighted by Gasteiger charge is -2.29. The van der Waals surface area contributed by atoms with Crippen molar-refractivity contribution in [2.24, 2.45) is 5.92 Å². The molecule has 2 rings (SSSR count). The minimum atomic E-state index is -0.621. The predicted octanol–water partition coefficient (Wildman–Crippen LogP) is 3.04. The van der Waals surface area contributed by atoms with E-state index < -0.39 is 6.04 Å². The smallest absolute Gasteiger partial charge is 0.409 e. The van der Waals surface area contributed by atoms with Crippen LogP contribution in [-0.2, 0) is 14.9 Å². The highest BCUT2D eigenvalue weighted by Crippen LogP contribution is 2.22. The van der Waals surface area contributed by atoms with Crippen molar-refractivity contribution in [1.82, 2.24) is 15.1 Å². The average Bonchev–Trinajstić information content (AvgIpc) is 2.96. The highest BCUT2D eigenvalue weighted by molar-refractivity contribution is 5.97. The average molecular weight is 418 g/mol. The molecule has 7 nitrogen and oxygen atoms in total. The van der Waals surface area contributed by atoms with E-state index in [0.717, 1.165) is 5.56 Å². The number of rotatable bonds is 4. The first-order valence-electron chi connectivity index (χ1n) is 10.6. The topological polar surface area (TPSA) is 79.0 Å². The standard InChI is InChI=1S/C23H35N3O4/c1-16(2)19(21(28)25-12-7-13-26(15-14-25)22(29)30-6)24-20(27)17-8-10-18(11-9-17)23(3,4)5/h8-11,16,19H,7,12-15H2,1-6H3,(H,24,27). The number of ether oxygens (including phenoxy) is 1. The van der Waals surface area contributed by atoms with Crippen LogP contribution in [0.1, 0.15) is 57.0 Å². The number of benzene rings is 1. The molecule has 1 fully saturated rings. The van der Waals surface area contributed by atoms with E-state index in [9.17, 15) is 14.4 Å². The Kier molecular flexibility index (Phi) is 7.87. The molecule has 7 heteroatoms. The molecule has 3 amide bonds. The summed E-state index contributed by atoms with van der Waals surface area (Å²) in [6.45, 7) is 12.2. The van der Waals surface area contributed by atoms with Crippen molar-refractivity contribution in [2.45, 2.75) is 52.5 Å². The van der Waals surface area contributed by atoms with Crippen molar-refractivity contribution in [1.29, 1.82) is 0 Å². The molecule has 1 N–H and O–H groups in total. The zero-order chi connectivity index (χ0) is 22.5. The summed E-state index contributed by atoms with van der Waals surface area (Å²) >= 11 is 0. The van der Waals surface area contributed by atoms with E-state index in [1.165, 1.54) is 7.11 Å². The monoisotopic (exact) mass is 417 g/mol. The second kappa shape index (κ2) is 9.96. The summed E-state index contributed by atoms with van der Waals surface area (Å²) < 4.78 is 4.78. The van der Waals surface area contributed by atoms with Crippen LogP contribution < -0.4 is 5.32 Å². The third-order valence-corrected chi connectivity index (χ3v) is 5.47. The van der Waals surface area contributed by atoms with E-state index in [1.54, 1.807) is 21.9 Å². The lowest BCUT2D eigenvalue weighted by molar-refractivity contribution is -0.134. The summed E-state index contributed by atoms with van der Waals surface area (Å²) in [5.74, 6) is -0.430. The van der Waals surface area contributed by atoms with Gasteiger partial charge in [0.1, 0.15) is 6.04 Å². The van der Waals surface area contributed by atoms with Crippen molar-refractivity contribution < 1.29 is 19.1 Å². The van der Waals surface area contributed by atoms with E-state index in [-0.39, 0.29) is 29.2 Å².